The molecule has 27 heavy (non-hydrogen) atoms. The van der Waals surface area contributed by atoms with Crippen molar-refractivity contribution in [1.29, 1.82) is 5.26 Å². The fraction of sp³-hybridized carbons (Fsp3) is 0.136. The van der Waals surface area contributed by atoms with Gasteiger partial charge in [0.05, 0.1) is 18.2 Å². The second-order valence-electron chi connectivity index (χ2n) is 6.74. The molecule has 1 aliphatic rings. The molecule has 0 aliphatic carbocycles. The van der Waals surface area contributed by atoms with Gasteiger partial charge in [0.2, 0.25) is 0 Å². The summed E-state index contributed by atoms with van der Waals surface area (Å²) in [6.07, 6.45) is 0. The largest absolute Gasteiger partial charge is 0.325 e. The molecule has 4 rings (SSSR count). The maximum Gasteiger partial charge on any atom is 0.325 e. The Morgan fingerprint density at radius 3 is 2.52 bits per heavy atom. The van der Waals surface area contributed by atoms with E-state index in [1.54, 1.807) is 31.2 Å². The molecule has 0 spiro atoms. The van der Waals surface area contributed by atoms with E-state index in [9.17, 15) is 14.9 Å². The Morgan fingerprint density at radius 2 is 1.70 bits per heavy atom. The van der Waals surface area contributed by atoms with E-state index in [0.717, 1.165) is 16.3 Å². The molecule has 3 aromatic carbocycles. The first-order chi connectivity index (χ1) is 13.0. The molecule has 3 amide bonds. The molecular weight excluding hydrogens is 338 g/mol. The fourth-order valence-electron chi connectivity index (χ4n) is 3.62. The third-order valence-corrected chi connectivity index (χ3v) is 5.07. The van der Waals surface area contributed by atoms with Gasteiger partial charge in [-0.2, -0.15) is 5.26 Å². The number of carbonyl (C=O) groups excluding carboxylic acids is 2. The van der Waals surface area contributed by atoms with Crippen LogP contribution in [0.5, 0.6) is 0 Å². The molecule has 1 fully saturated rings. The van der Waals surface area contributed by atoms with Crippen molar-refractivity contribution in [2.45, 2.75) is 19.0 Å². The number of nitriles is 1. The lowest BCUT2D eigenvalue weighted by Crippen LogP contribution is -2.41. The normalized spacial score (nSPS) is 19.2. The van der Waals surface area contributed by atoms with Gasteiger partial charge in [-0.15, -0.1) is 0 Å². The van der Waals surface area contributed by atoms with Crippen LogP contribution < -0.4 is 5.32 Å². The van der Waals surface area contributed by atoms with E-state index in [-0.39, 0.29) is 12.5 Å². The van der Waals surface area contributed by atoms with Crippen molar-refractivity contribution in [2.75, 3.05) is 0 Å². The first kappa shape index (κ1) is 16.8. The Hall–Kier alpha value is -3.65. The smallest absolute Gasteiger partial charge is 0.319 e. The van der Waals surface area contributed by atoms with Crippen molar-refractivity contribution in [1.82, 2.24) is 10.2 Å². The molecule has 1 N–H and O–H groups in total. The van der Waals surface area contributed by atoms with Gasteiger partial charge >= 0.3 is 6.03 Å². The number of hydrogen-bond acceptors (Lipinski definition) is 3. The second-order valence-corrected chi connectivity index (χ2v) is 6.74. The van der Waals surface area contributed by atoms with Crippen molar-refractivity contribution in [3.63, 3.8) is 0 Å². The predicted molar refractivity (Wildman–Crippen MR) is 102 cm³/mol. The molecule has 3 aromatic rings. The minimum Gasteiger partial charge on any atom is -0.319 e. The first-order valence-electron chi connectivity index (χ1n) is 8.65. The zero-order valence-corrected chi connectivity index (χ0v) is 14.8. The summed E-state index contributed by atoms with van der Waals surface area (Å²) < 4.78 is 0. The molecule has 1 saturated heterocycles. The first-order valence-corrected chi connectivity index (χ1v) is 8.65. The zero-order chi connectivity index (χ0) is 19.0. The average Bonchev–Trinajstić information content (AvgIpc) is 2.92. The molecule has 0 saturated carbocycles. The lowest BCUT2D eigenvalue weighted by molar-refractivity contribution is -0.131. The van der Waals surface area contributed by atoms with Gasteiger partial charge in [0.15, 0.2) is 0 Å². The van der Waals surface area contributed by atoms with Crippen molar-refractivity contribution in [2.24, 2.45) is 0 Å². The van der Waals surface area contributed by atoms with Crippen LogP contribution in [0.25, 0.3) is 10.8 Å². The Morgan fingerprint density at radius 1 is 1.00 bits per heavy atom. The number of fused-ring (bicyclic) bond motifs is 1. The van der Waals surface area contributed by atoms with Gasteiger partial charge in [0, 0.05) is 0 Å². The van der Waals surface area contributed by atoms with E-state index >= 15 is 0 Å². The van der Waals surface area contributed by atoms with Gasteiger partial charge < -0.3 is 5.32 Å². The van der Waals surface area contributed by atoms with Crippen LogP contribution in [-0.4, -0.2) is 16.8 Å². The highest BCUT2D eigenvalue weighted by Crippen LogP contribution is 2.34. The van der Waals surface area contributed by atoms with Crippen LogP contribution in [0.15, 0.2) is 66.7 Å². The maximum atomic E-state index is 13.2. The van der Waals surface area contributed by atoms with Gasteiger partial charge in [-0.1, -0.05) is 60.7 Å². The third-order valence-electron chi connectivity index (χ3n) is 5.07. The number of amides is 3. The summed E-state index contributed by atoms with van der Waals surface area (Å²) in [5.74, 6) is -0.323. The van der Waals surface area contributed by atoms with Crippen LogP contribution in [0.3, 0.4) is 0 Å². The molecule has 1 aliphatic heterocycles. The zero-order valence-electron chi connectivity index (χ0n) is 14.8. The summed E-state index contributed by atoms with van der Waals surface area (Å²) in [5, 5.41) is 14.1. The van der Waals surface area contributed by atoms with E-state index in [2.05, 4.69) is 11.4 Å². The number of nitrogens with zero attached hydrogens (tertiary/aromatic N) is 2. The van der Waals surface area contributed by atoms with Gasteiger partial charge in [0.25, 0.3) is 5.91 Å². The van der Waals surface area contributed by atoms with Crippen LogP contribution in [0.4, 0.5) is 4.79 Å². The van der Waals surface area contributed by atoms with E-state index < -0.39 is 11.6 Å². The van der Waals surface area contributed by atoms with E-state index in [0.29, 0.717) is 11.1 Å². The molecule has 0 unspecified atom stereocenters. The van der Waals surface area contributed by atoms with Crippen LogP contribution >= 0.6 is 0 Å². The number of imide groups is 1. The minimum atomic E-state index is -1.15. The lowest BCUT2D eigenvalue weighted by atomic mass is 9.87. The summed E-state index contributed by atoms with van der Waals surface area (Å²) in [4.78, 5) is 27.0. The average molecular weight is 355 g/mol. The molecule has 0 bridgehead atoms. The SMILES string of the molecule is C[C@]1(c2cccc3ccccc23)NC(=O)N(Cc2ccccc2C#N)C1=O. The second kappa shape index (κ2) is 6.26. The summed E-state index contributed by atoms with van der Waals surface area (Å²) in [6.45, 7) is 1.79. The highest BCUT2D eigenvalue weighted by molar-refractivity contribution is 6.09. The number of benzene rings is 3. The van der Waals surface area contributed by atoms with Crippen LogP contribution in [0.1, 0.15) is 23.6 Å². The van der Waals surface area contributed by atoms with Crippen molar-refractivity contribution in [3.05, 3.63) is 83.4 Å². The monoisotopic (exact) mass is 355 g/mol. The minimum absolute atomic E-state index is 0.0642. The summed E-state index contributed by atoms with van der Waals surface area (Å²) in [7, 11) is 0. The van der Waals surface area contributed by atoms with Gasteiger partial charge in [0.1, 0.15) is 5.54 Å². The molecule has 1 atom stereocenters. The molecule has 0 radical (unpaired) electrons. The highest BCUT2D eigenvalue weighted by atomic mass is 16.2. The van der Waals surface area contributed by atoms with Gasteiger partial charge in [-0.25, -0.2) is 4.79 Å². The van der Waals surface area contributed by atoms with E-state index in [1.165, 1.54) is 4.90 Å². The number of hydrogen-bond donors (Lipinski definition) is 1. The van der Waals surface area contributed by atoms with Crippen molar-refractivity contribution in [3.8, 4) is 6.07 Å². The van der Waals surface area contributed by atoms with E-state index in [4.69, 9.17) is 0 Å². The highest BCUT2D eigenvalue weighted by Gasteiger charge is 2.49. The summed E-state index contributed by atoms with van der Waals surface area (Å²) in [6, 6.07) is 22.1. The predicted octanol–water partition coefficient (Wildman–Crippen LogP) is 3.68. The Bertz CT molecular complexity index is 1110. The molecular formula is C22H17N3O2. The van der Waals surface area contributed by atoms with Crippen LogP contribution in [-0.2, 0) is 16.9 Å². The third kappa shape index (κ3) is 2.63. The molecule has 5 heteroatoms. The topological polar surface area (TPSA) is 73.2 Å². The number of carbonyl (C=O) groups is 2. The molecule has 132 valence electrons. The van der Waals surface area contributed by atoms with Gasteiger partial charge in [-0.3, -0.25) is 9.69 Å². The van der Waals surface area contributed by atoms with Crippen LogP contribution in [0.2, 0.25) is 0 Å². The molecule has 1 heterocycles. The quantitative estimate of drug-likeness (QED) is 0.729. The maximum absolute atomic E-state index is 13.2. The lowest BCUT2D eigenvalue weighted by Gasteiger charge is -2.24. The Labute approximate surface area is 156 Å². The van der Waals surface area contributed by atoms with Crippen molar-refractivity contribution < 1.29 is 9.59 Å². The molecule has 5 nitrogen and oxygen atoms in total. The number of rotatable bonds is 3. The van der Waals surface area contributed by atoms with E-state index in [1.807, 2.05) is 42.5 Å². The van der Waals surface area contributed by atoms with Crippen molar-refractivity contribution >= 4 is 22.7 Å². The Kier molecular flexibility index (Phi) is 3.89. The van der Waals surface area contributed by atoms with Crippen LogP contribution in [0, 0.1) is 11.3 Å². The Balaban J connectivity index is 1.75. The fourth-order valence-corrected chi connectivity index (χ4v) is 3.62. The summed E-state index contributed by atoms with van der Waals surface area (Å²) >= 11 is 0. The number of nitrogens with one attached hydrogen (secondary N) is 1. The van der Waals surface area contributed by atoms with Gasteiger partial charge in [-0.05, 0) is 34.9 Å². The molecule has 0 aromatic heterocycles. The summed E-state index contributed by atoms with van der Waals surface area (Å²) in [5.41, 5.74) is 0.706. The number of urea groups is 1. The standard InChI is InChI=1S/C22H17N3O2/c1-22(19-12-6-10-15-7-4-5-11-18(15)19)20(26)25(21(27)24-22)14-17-9-3-2-8-16(17)13-23/h2-12H,14H2,1H3,(H,24,27)/t22-/m1/s1.